The van der Waals surface area contributed by atoms with Crippen LogP contribution in [0.5, 0.6) is 11.5 Å². The van der Waals surface area contributed by atoms with Crippen molar-refractivity contribution in [2.75, 3.05) is 12.4 Å². The van der Waals surface area contributed by atoms with Gasteiger partial charge in [-0.15, -0.1) is 0 Å². The summed E-state index contributed by atoms with van der Waals surface area (Å²) in [6.07, 6.45) is -0.793. The van der Waals surface area contributed by atoms with Gasteiger partial charge < -0.3 is 18.6 Å². The van der Waals surface area contributed by atoms with Gasteiger partial charge in [-0.2, -0.15) is 0 Å². The molecule has 1 amide bonds. The highest BCUT2D eigenvalue weighted by molar-refractivity contribution is 5.91. The van der Waals surface area contributed by atoms with Gasteiger partial charge in [-0.1, -0.05) is 30.3 Å². The molecule has 1 heterocycles. The van der Waals surface area contributed by atoms with Gasteiger partial charge in [0, 0.05) is 12.3 Å². The van der Waals surface area contributed by atoms with Crippen LogP contribution in [-0.4, -0.2) is 19.2 Å². The second kappa shape index (κ2) is 8.26. The third kappa shape index (κ3) is 4.29. The van der Waals surface area contributed by atoms with Crippen molar-refractivity contribution in [3.8, 4) is 11.5 Å². The summed E-state index contributed by atoms with van der Waals surface area (Å²) < 4.78 is 20.6. The van der Waals surface area contributed by atoms with Crippen molar-refractivity contribution in [3.05, 3.63) is 64.5 Å². The van der Waals surface area contributed by atoms with E-state index in [4.69, 9.17) is 18.6 Å². The van der Waals surface area contributed by atoms with Gasteiger partial charge in [-0.3, -0.25) is 10.1 Å². The van der Waals surface area contributed by atoms with E-state index >= 15 is 0 Å². The molecule has 8 nitrogen and oxygen atoms in total. The topological polar surface area (TPSA) is 104 Å². The van der Waals surface area contributed by atoms with Crippen molar-refractivity contribution in [1.29, 1.82) is 0 Å². The Bertz CT molecular complexity index is 1070. The third-order valence-electron chi connectivity index (χ3n) is 3.73. The van der Waals surface area contributed by atoms with E-state index in [0.29, 0.717) is 5.39 Å². The van der Waals surface area contributed by atoms with E-state index in [1.54, 1.807) is 6.07 Å². The Morgan fingerprint density at radius 3 is 2.54 bits per heavy atom. The number of amides is 1. The zero-order valence-electron chi connectivity index (χ0n) is 15.2. The Morgan fingerprint density at radius 2 is 1.86 bits per heavy atom. The van der Waals surface area contributed by atoms with Crippen LogP contribution in [0.3, 0.4) is 0 Å². The highest BCUT2D eigenvalue weighted by atomic mass is 16.6. The van der Waals surface area contributed by atoms with Gasteiger partial charge in [0.25, 0.3) is 0 Å². The molecule has 28 heavy (non-hydrogen) atoms. The van der Waals surface area contributed by atoms with E-state index < -0.39 is 17.7 Å². The molecule has 0 fully saturated rings. The van der Waals surface area contributed by atoms with E-state index in [1.807, 2.05) is 30.3 Å². The molecule has 1 aromatic heterocycles. The number of carbonyl (C=O) groups excluding carboxylic acids is 2. The largest absolute Gasteiger partial charge is 0.490 e. The van der Waals surface area contributed by atoms with Gasteiger partial charge >= 0.3 is 17.7 Å². The first-order valence-electron chi connectivity index (χ1n) is 8.29. The summed E-state index contributed by atoms with van der Waals surface area (Å²) in [5, 5.41) is 2.83. The normalized spacial score (nSPS) is 10.4. The summed E-state index contributed by atoms with van der Waals surface area (Å²) in [6.45, 7) is 1.30. The second-order valence-electron chi connectivity index (χ2n) is 5.74. The highest BCUT2D eigenvalue weighted by Crippen LogP contribution is 2.35. The minimum absolute atomic E-state index is 0.0607. The maximum absolute atomic E-state index is 12.2. The average molecular weight is 383 g/mol. The van der Waals surface area contributed by atoms with Crippen molar-refractivity contribution in [3.63, 3.8) is 0 Å². The number of benzene rings is 2. The number of carbonyl (C=O) groups is 2. The van der Waals surface area contributed by atoms with Crippen molar-refractivity contribution >= 4 is 28.7 Å². The molecule has 0 spiro atoms. The molecule has 0 atom stereocenters. The fourth-order valence-electron chi connectivity index (χ4n) is 2.53. The van der Waals surface area contributed by atoms with E-state index in [1.165, 1.54) is 26.2 Å². The molecule has 0 saturated heterocycles. The third-order valence-corrected chi connectivity index (χ3v) is 3.73. The Balaban J connectivity index is 1.82. The number of hydrogen-bond donors (Lipinski definition) is 1. The molecule has 0 saturated carbocycles. The SMILES string of the molecule is COc1c(OC(C)=O)ccc2cc(NC(=O)OCc3ccccc3)c(=O)oc12. The number of nitrogens with one attached hydrogen (secondary N) is 1. The monoisotopic (exact) mass is 383 g/mol. The summed E-state index contributed by atoms with van der Waals surface area (Å²) in [6, 6.07) is 13.6. The maximum Gasteiger partial charge on any atom is 0.412 e. The molecule has 0 radical (unpaired) electrons. The molecule has 8 heteroatoms. The first kappa shape index (κ1) is 19.0. The molecule has 0 bridgehead atoms. The minimum Gasteiger partial charge on any atom is -0.490 e. The van der Waals surface area contributed by atoms with Crippen molar-refractivity contribution in [2.24, 2.45) is 0 Å². The number of fused-ring (bicyclic) bond motifs is 1. The number of esters is 1. The number of hydrogen-bond acceptors (Lipinski definition) is 7. The Labute approximate surface area is 159 Å². The molecule has 0 aliphatic heterocycles. The van der Waals surface area contributed by atoms with Gasteiger partial charge in [-0.25, -0.2) is 9.59 Å². The van der Waals surface area contributed by atoms with Crippen LogP contribution in [0.1, 0.15) is 12.5 Å². The molecular weight excluding hydrogens is 366 g/mol. The van der Waals surface area contributed by atoms with E-state index in [9.17, 15) is 14.4 Å². The molecule has 0 aliphatic rings. The highest BCUT2D eigenvalue weighted by Gasteiger charge is 2.17. The van der Waals surface area contributed by atoms with Crippen LogP contribution in [0.2, 0.25) is 0 Å². The molecule has 0 unspecified atom stereocenters. The molecule has 1 N–H and O–H groups in total. The standard InChI is InChI=1S/C20H17NO7/c1-12(22)27-16-9-8-14-10-15(19(23)28-17(14)18(16)25-2)21-20(24)26-11-13-6-4-3-5-7-13/h3-10H,11H2,1-2H3,(H,21,24). The van der Waals surface area contributed by atoms with E-state index in [2.05, 4.69) is 5.32 Å². The fourth-order valence-corrected chi connectivity index (χ4v) is 2.53. The lowest BCUT2D eigenvalue weighted by molar-refractivity contribution is -0.132. The summed E-state index contributed by atoms with van der Waals surface area (Å²) in [7, 11) is 1.36. The lowest BCUT2D eigenvalue weighted by atomic mass is 10.2. The number of methoxy groups -OCH3 is 1. The fraction of sp³-hybridized carbons (Fsp3) is 0.150. The van der Waals surface area contributed by atoms with Crippen LogP contribution in [0, 0.1) is 0 Å². The molecule has 144 valence electrons. The van der Waals surface area contributed by atoms with E-state index in [0.717, 1.165) is 5.56 Å². The van der Waals surface area contributed by atoms with Crippen molar-refractivity contribution in [2.45, 2.75) is 13.5 Å². The van der Waals surface area contributed by atoms with Crippen molar-refractivity contribution in [1.82, 2.24) is 0 Å². The number of anilines is 1. The second-order valence-corrected chi connectivity index (χ2v) is 5.74. The Hall–Kier alpha value is -3.81. The molecular formula is C20H17NO7. The average Bonchev–Trinajstić information content (AvgIpc) is 2.67. The Morgan fingerprint density at radius 1 is 1.11 bits per heavy atom. The van der Waals surface area contributed by atoms with Gasteiger partial charge in [0.15, 0.2) is 11.3 Å². The summed E-state index contributed by atoms with van der Waals surface area (Å²) >= 11 is 0. The summed E-state index contributed by atoms with van der Waals surface area (Å²) in [5.41, 5.74) is 0.00988. The molecule has 0 aliphatic carbocycles. The van der Waals surface area contributed by atoms with Gasteiger partial charge in [0.05, 0.1) is 7.11 Å². The molecule has 3 rings (SSSR count). The summed E-state index contributed by atoms with van der Waals surface area (Å²) in [4.78, 5) is 35.4. The van der Waals surface area contributed by atoms with Crippen molar-refractivity contribution < 1.29 is 28.2 Å². The van der Waals surface area contributed by atoms with Gasteiger partial charge in [0.1, 0.15) is 12.3 Å². The predicted molar refractivity (Wildman–Crippen MR) is 101 cm³/mol. The molecule has 2 aromatic carbocycles. The first-order valence-corrected chi connectivity index (χ1v) is 8.29. The van der Waals surface area contributed by atoms with Gasteiger partial charge in [-0.05, 0) is 23.8 Å². The van der Waals surface area contributed by atoms with Gasteiger partial charge in [0.2, 0.25) is 5.75 Å². The van der Waals surface area contributed by atoms with Crippen LogP contribution < -0.4 is 20.4 Å². The van der Waals surface area contributed by atoms with Crippen LogP contribution in [0.4, 0.5) is 10.5 Å². The maximum atomic E-state index is 12.2. The zero-order valence-corrected chi connectivity index (χ0v) is 15.2. The lowest BCUT2D eigenvalue weighted by Crippen LogP contribution is -2.18. The van der Waals surface area contributed by atoms with Crippen LogP contribution in [-0.2, 0) is 16.1 Å². The van der Waals surface area contributed by atoms with Crippen LogP contribution >= 0.6 is 0 Å². The Kier molecular flexibility index (Phi) is 5.59. The number of rotatable bonds is 5. The lowest BCUT2D eigenvalue weighted by Gasteiger charge is -2.11. The molecule has 3 aromatic rings. The zero-order chi connectivity index (χ0) is 20.1. The quantitative estimate of drug-likeness (QED) is 0.409. The smallest absolute Gasteiger partial charge is 0.412 e. The number of ether oxygens (including phenoxy) is 3. The predicted octanol–water partition coefficient (Wildman–Crippen LogP) is 3.48. The minimum atomic E-state index is -0.803. The summed E-state index contributed by atoms with van der Waals surface area (Å²) in [5.74, 6) is -0.323. The van der Waals surface area contributed by atoms with Crippen LogP contribution in [0.25, 0.3) is 11.0 Å². The van der Waals surface area contributed by atoms with Crippen LogP contribution in [0.15, 0.2) is 57.7 Å². The first-order chi connectivity index (χ1) is 13.5. The van der Waals surface area contributed by atoms with E-state index in [-0.39, 0.29) is 29.4 Å².